The van der Waals surface area contributed by atoms with Gasteiger partial charge in [0.05, 0.1) is 6.54 Å². The molecule has 0 radical (unpaired) electrons. The number of ether oxygens (including phenoxy) is 1. The lowest BCUT2D eigenvalue weighted by molar-refractivity contribution is 0.102. The van der Waals surface area contributed by atoms with Gasteiger partial charge in [-0.15, -0.1) is 0 Å². The fourth-order valence-corrected chi connectivity index (χ4v) is 2.17. The van der Waals surface area contributed by atoms with E-state index in [2.05, 4.69) is 5.32 Å². The van der Waals surface area contributed by atoms with E-state index in [-0.39, 0.29) is 12.0 Å². The second kappa shape index (κ2) is 5.66. The van der Waals surface area contributed by atoms with Gasteiger partial charge >= 0.3 is 6.09 Å². The third kappa shape index (κ3) is 2.86. The highest BCUT2D eigenvalue weighted by Crippen LogP contribution is 2.22. The van der Waals surface area contributed by atoms with Gasteiger partial charge in [0.15, 0.2) is 0 Å². The number of hydrogen-bond acceptors (Lipinski definition) is 3. The van der Waals surface area contributed by atoms with Crippen molar-refractivity contribution >= 4 is 23.4 Å². The molecule has 0 saturated carbocycles. The molecule has 106 valence electrons. The Kier molecular flexibility index (Phi) is 3.55. The van der Waals surface area contributed by atoms with E-state index in [0.717, 1.165) is 0 Å². The minimum atomic E-state index is -0.360. The van der Waals surface area contributed by atoms with Crippen molar-refractivity contribution in [1.82, 2.24) is 0 Å². The molecule has 1 heterocycles. The molecular weight excluding hydrogens is 268 g/mol. The Hall–Kier alpha value is -2.82. The Balaban J connectivity index is 1.77. The minimum absolute atomic E-state index is 0.184. The fraction of sp³-hybridized carbons (Fsp3) is 0.125. The summed E-state index contributed by atoms with van der Waals surface area (Å²) in [5.74, 6) is -0.184. The molecule has 5 nitrogen and oxygen atoms in total. The van der Waals surface area contributed by atoms with Crippen molar-refractivity contribution in [3.8, 4) is 0 Å². The summed E-state index contributed by atoms with van der Waals surface area (Å²) in [4.78, 5) is 25.2. The number of carbonyl (C=O) groups excluding carboxylic acids is 2. The normalized spacial score (nSPS) is 13.9. The fourth-order valence-electron chi connectivity index (χ4n) is 2.17. The topological polar surface area (TPSA) is 58.6 Å². The van der Waals surface area contributed by atoms with Crippen molar-refractivity contribution in [2.24, 2.45) is 0 Å². The van der Waals surface area contributed by atoms with E-state index < -0.39 is 0 Å². The monoisotopic (exact) mass is 282 g/mol. The van der Waals surface area contributed by atoms with Gasteiger partial charge in [-0.2, -0.15) is 0 Å². The van der Waals surface area contributed by atoms with Crippen LogP contribution in [0.1, 0.15) is 10.4 Å². The van der Waals surface area contributed by atoms with Crippen LogP contribution in [0.5, 0.6) is 0 Å². The average molecular weight is 282 g/mol. The van der Waals surface area contributed by atoms with Gasteiger partial charge in [0.1, 0.15) is 6.61 Å². The minimum Gasteiger partial charge on any atom is -0.447 e. The number of carbonyl (C=O) groups is 2. The van der Waals surface area contributed by atoms with Crippen LogP contribution in [0.3, 0.4) is 0 Å². The number of amides is 2. The highest BCUT2D eigenvalue weighted by molar-refractivity contribution is 6.04. The molecule has 1 aliphatic heterocycles. The summed E-state index contributed by atoms with van der Waals surface area (Å²) in [5, 5.41) is 2.82. The Bertz CT molecular complexity index is 670. The number of cyclic esters (lactones) is 1. The maximum Gasteiger partial charge on any atom is 0.414 e. The summed E-state index contributed by atoms with van der Waals surface area (Å²) >= 11 is 0. The largest absolute Gasteiger partial charge is 0.447 e. The molecule has 0 bridgehead atoms. The van der Waals surface area contributed by atoms with Crippen LogP contribution in [-0.4, -0.2) is 25.2 Å². The second-order valence-corrected chi connectivity index (χ2v) is 4.64. The molecule has 0 aromatic heterocycles. The maximum atomic E-state index is 12.1. The molecule has 1 N–H and O–H groups in total. The molecule has 2 aromatic carbocycles. The number of anilines is 2. The van der Waals surface area contributed by atoms with E-state index >= 15 is 0 Å². The molecule has 0 unspecified atom stereocenters. The third-order valence-electron chi connectivity index (χ3n) is 3.21. The van der Waals surface area contributed by atoms with Gasteiger partial charge in [0, 0.05) is 16.9 Å². The van der Waals surface area contributed by atoms with Crippen molar-refractivity contribution in [2.75, 3.05) is 23.4 Å². The molecule has 1 fully saturated rings. The van der Waals surface area contributed by atoms with E-state index in [1.165, 1.54) is 4.90 Å². The maximum absolute atomic E-state index is 12.1. The smallest absolute Gasteiger partial charge is 0.414 e. The first kappa shape index (κ1) is 13.2. The molecule has 2 aromatic rings. The Labute approximate surface area is 122 Å². The van der Waals surface area contributed by atoms with E-state index in [9.17, 15) is 9.59 Å². The molecule has 0 spiro atoms. The quantitative estimate of drug-likeness (QED) is 0.941. The Morgan fingerprint density at radius 1 is 1.10 bits per heavy atom. The summed E-state index contributed by atoms with van der Waals surface area (Å²) in [6.07, 6.45) is -0.360. The summed E-state index contributed by atoms with van der Waals surface area (Å²) < 4.78 is 4.91. The van der Waals surface area contributed by atoms with E-state index in [0.29, 0.717) is 30.1 Å². The van der Waals surface area contributed by atoms with Gasteiger partial charge in [-0.25, -0.2) is 4.79 Å². The van der Waals surface area contributed by atoms with Crippen molar-refractivity contribution in [3.63, 3.8) is 0 Å². The Morgan fingerprint density at radius 2 is 1.90 bits per heavy atom. The van der Waals surface area contributed by atoms with Crippen molar-refractivity contribution in [1.29, 1.82) is 0 Å². The highest BCUT2D eigenvalue weighted by atomic mass is 16.6. The Morgan fingerprint density at radius 3 is 2.62 bits per heavy atom. The molecule has 1 aliphatic rings. The zero-order valence-corrected chi connectivity index (χ0v) is 11.3. The number of nitrogens with zero attached hydrogens (tertiary/aromatic N) is 1. The van der Waals surface area contributed by atoms with E-state index in [1.807, 2.05) is 24.3 Å². The van der Waals surface area contributed by atoms with Crippen molar-refractivity contribution in [2.45, 2.75) is 0 Å². The van der Waals surface area contributed by atoms with Crippen LogP contribution in [-0.2, 0) is 4.74 Å². The summed E-state index contributed by atoms with van der Waals surface area (Å²) in [7, 11) is 0. The van der Waals surface area contributed by atoms with Crippen LogP contribution < -0.4 is 10.2 Å². The van der Waals surface area contributed by atoms with Gasteiger partial charge in [-0.1, -0.05) is 24.3 Å². The summed E-state index contributed by atoms with van der Waals surface area (Å²) in [6, 6.07) is 16.1. The van der Waals surface area contributed by atoms with Crippen molar-refractivity contribution in [3.05, 3.63) is 60.2 Å². The number of rotatable bonds is 3. The first-order valence-electron chi connectivity index (χ1n) is 6.65. The molecule has 21 heavy (non-hydrogen) atoms. The summed E-state index contributed by atoms with van der Waals surface area (Å²) in [6.45, 7) is 0.911. The van der Waals surface area contributed by atoms with Crippen molar-refractivity contribution < 1.29 is 14.3 Å². The SMILES string of the molecule is O=C(Nc1cccc(N2CCOC2=O)c1)c1ccccc1. The predicted octanol–water partition coefficient (Wildman–Crippen LogP) is 2.90. The van der Waals surface area contributed by atoms with Gasteiger partial charge in [0.2, 0.25) is 0 Å². The molecule has 3 rings (SSSR count). The number of hydrogen-bond donors (Lipinski definition) is 1. The lowest BCUT2D eigenvalue weighted by Gasteiger charge is -2.14. The predicted molar refractivity (Wildman–Crippen MR) is 79.5 cm³/mol. The first-order chi connectivity index (χ1) is 10.2. The molecule has 0 atom stereocenters. The van der Waals surface area contributed by atoms with E-state index in [1.54, 1.807) is 30.3 Å². The lowest BCUT2D eigenvalue weighted by atomic mass is 10.2. The van der Waals surface area contributed by atoms with Crippen LogP contribution in [0.15, 0.2) is 54.6 Å². The third-order valence-corrected chi connectivity index (χ3v) is 3.21. The van der Waals surface area contributed by atoms with Crippen LogP contribution >= 0.6 is 0 Å². The number of benzene rings is 2. The van der Waals surface area contributed by atoms with Crippen LogP contribution in [0.25, 0.3) is 0 Å². The van der Waals surface area contributed by atoms with Gasteiger partial charge in [-0.3, -0.25) is 9.69 Å². The van der Waals surface area contributed by atoms with E-state index in [4.69, 9.17) is 4.74 Å². The second-order valence-electron chi connectivity index (χ2n) is 4.64. The lowest BCUT2D eigenvalue weighted by Crippen LogP contribution is -2.23. The van der Waals surface area contributed by atoms with Crippen LogP contribution in [0, 0.1) is 0 Å². The zero-order chi connectivity index (χ0) is 14.7. The molecule has 5 heteroatoms. The van der Waals surface area contributed by atoms with Gasteiger partial charge < -0.3 is 10.1 Å². The van der Waals surface area contributed by atoms with Crippen LogP contribution in [0.4, 0.5) is 16.2 Å². The molecule has 2 amide bonds. The number of nitrogens with one attached hydrogen (secondary N) is 1. The van der Waals surface area contributed by atoms with Crippen LogP contribution in [0.2, 0.25) is 0 Å². The molecule has 1 saturated heterocycles. The molecule has 0 aliphatic carbocycles. The first-order valence-corrected chi connectivity index (χ1v) is 6.65. The highest BCUT2D eigenvalue weighted by Gasteiger charge is 2.23. The average Bonchev–Trinajstić information content (AvgIpc) is 2.94. The summed E-state index contributed by atoms with van der Waals surface area (Å²) in [5.41, 5.74) is 1.94. The van der Waals surface area contributed by atoms with Gasteiger partial charge in [-0.05, 0) is 30.3 Å². The zero-order valence-electron chi connectivity index (χ0n) is 11.3. The van der Waals surface area contributed by atoms with Gasteiger partial charge in [0.25, 0.3) is 5.91 Å². The standard InChI is InChI=1S/C16H14N2O3/c19-15(12-5-2-1-3-6-12)17-13-7-4-8-14(11-13)18-9-10-21-16(18)20/h1-8,11H,9-10H2,(H,17,19). The molecular formula is C16H14N2O3.